The third kappa shape index (κ3) is 5.94. The fourth-order valence-corrected chi connectivity index (χ4v) is 3.89. The molecule has 156 valence electrons. The maximum atomic E-state index is 12.4. The first-order valence-electron chi connectivity index (χ1n) is 10.5. The summed E-state index contributed by atoms with van der Waals surface area (Å²) in [6, 6.07) is 12.1. The molecule has 1 aromatic carbocycles. The van der Waals surface area contributed by atoms with Crippen LogP contribution >= 0.6 is 0 Å². The van der Waals surface area contributed by atoms with Gasteiger partial charge in [-0.1, -0.05) is 42.7 Å². The number of hydrogen-bond acceptors (Lipinski definition) is 3. The number of amides is 2. The van der Waals surface area contributed by atoms with E-state index in [9.17, 15) is 9.59 Å². The van der Waals surface area contributed by atoms with Gasteiger partial charge in [-0.05, 0) is 50.6 Å². The maximum absolute atomic E-state index is 12.4. The molecule has 2 N–H and O–H groups in total. The van der Waals surface area contributed by atoms with E-state index in [1.807, 2.05) is 50.5 Å². The Morgan fingerprint density at radius 2 is 1.62 bits per heavy atom. The van der Waals surface area contributed by atoms with Crippen molar-refractivity contribution in [2.24, 2.45) is 7.05 Å². The molecule has 1 saturated heterocycles. The third-order valence-corrected chi connectivity index (χ3v) is 5.64. The van der Waals surface area contributed by atoms with Crippen molar-refractivity contribution in [1.29, 1.82) is 0 Å². The van der Waals surface area contributed by atoms with Gasteiger partial charge in [-0.25, -0.2) is 0 Å². The second-order valence-electron chi connectivity index (χ2n) is 7.89. The fourth-order valence-electron chi connectivity index (χ4n) is 3.89. The SMILES string of the molecule is Cc1ccc(CNC(=O)C(=O)NCC(c2cccn2C)N2CCCCCC2)cc1. The van der Waals surface area contributed by atoms with E-state index in [0.717, 1.165) is 29.9 Å². The predicted octanol–water partition coefficient (Wildman–Crippen LogP) is 2.68. The molecule has 6 nitrogen and oxygen atoms in total. The summed E-state index contributed by atoms with van der Waals surface area (Å²) in [5.74, 6) is -1.17. The molecule has 29 heavy (non-hydrogen) atoms. The molecule has 3 rings (SSSR count). The van der Waals surface area contributed by atoms with E-state index in [-0.39, 0.29) is 6.04 Å². The molecule has 2 amide bonds. The van der Waals surface area contributed by atoms with Crippen LogP contribution in [0.4, 0.5) is 0 Å². The van der Waals surface area contributed by atoms with Crippen molar-refractivity contribution >= 4 is 11.8 Å². The van der Waals surface area contributed by atoms with Gasteiger partial charge >= 0.3 is 11.8 Å². The molecule has 0 radical (unpaired) electrons. The Bertz CT molecular complexity index is 805. The lowest BCUT2D eigenvalue weighted by molar-refractivity contribution is -0.139. The number of likely N-dealkylation sites (tertiary alicyclic amines) is 1. The van der Waals surface area contributed by atoms with Gasteiger partial charge in [-0.2, -0.15) is 0 Å². The van der Waals surface area contributed by atoms with Crippen LogP contribution in [-0.4, -0.2) is 40.9 Å². The molecule has 0 saturated carbocycles. The lowest BCUT2D eigenvalue weighted by atomic mass is 10.1. The fraction of sp³-hybridized carbons (Fsp3) is 0.478. The minimum atomic E-state index is -0.591. The Morgan fingerprint density at radius 1 is 0.966 bits per heavy atom. The number of nitrogens with one attached hydrogen (secondary N) is 2. The van der Waals surface area contributed by atoms with Gasteiger partial charge in [-0.15, -0.1) is 0 Å². The molecular formula is C23H32N4O2. The Morgan fingerprint density at radius 3 is 2.24 bits per heavy atom. The molecule has 6 heteroatoms. The predicted molar refractivity (Wildman–Crippen MR) is 114 cm³/mol. The summed E-state index contributed by atoms with van der Waals surface area (Å²) < 4.78 is 2.10. The molecule has 1 aliphatic heterocycles. The highest BCUT2D eigenvalue weighted by Crippen LogP contribution is 2.24. The van der Waals surface area contributed by atoms with Gasteiger partial charge in [0.2, 0.25) is 0 Å². The van der Waals surface area contributed by atoms with Crippen molar-refractivity contribution in [1.82, 2.24) is 20.1 Å². The lowest BCUT2D eigenvalue weighted by Gasteiger charge is -2.31. The smallest absolute Gasteiger partial charge is 0.309 e. The summed E-state index contributed by atoms with van der Waals surface area (Å²) in [5, 5.41) is 5.56. The van der Waals surface area contributed by atoms with Gasteiger partial charge in [0, 0.05) is 32.0 Å². The van der Waals surface area contributed by atoms with Gasteiger partial charge in [0.1, 0.15) is 0 Å². The maximum Gasteiger partial charge on any atom is 0.309 e. The quantitative estimate of drug-likeness (QED) is 0.738. The number of benzene rings is 1. The zero-order chi connectivity index (χ0) is 20.6. The minimum absolute atomic E-state index is 0.0712. The van der Waals surface area contributed by atoms with Crippen LogP contribution in [0.1, 0.15) is 48.5 Å². The van der Waals surface area contributed by atoms with Gasteiger partial charge in [0.25, 0.3) is 0 Å². The van der Waals surface area contributed by atoms with Crippen LogP contribution in [0.3, 0.4) is 0 Å². The van der Waals surface area contributed by atoms with E-state index in [2.05, 4.69) is 26.2 Å². The van der Waals surface area contributed by atoms with Crippen LogP contribution in [0.15, 0.2) is 42.6 Å². The van der Waals surface area contributed by atoms with Gasteiger partial charge in [0.15, 0.2) is 0 Å². The van der Waals surface area contributed by atoms with Crippen molar-refractivity contribution in [3.63, 3.8) is 0 Å². The summed E-state index contributed by atoms with van der Waals surface area (Å²) in [5.41, 5.74) is 3.30. The molecule has 2 aromatic rings. The third-order valence-electron chi connectivity index (χ3n) is 5.64. The van der Waals surface area contributed by atoms with Crippen molar-refractivity contribution < 1.29 is 9.59 Å². The molecule has 0 spiro atoms. The van der Waals surface area contributed by atoms with Crippen LogP contribution in [-0.2, 0) is 23.2 Å². The van der Waals surface area contributed by atoms with Gasteiger partial charge in [0.05, 0.1) is 6.04 Å². The molecule has 1 unspecified atom stereocenters. The van der Waals surface area contributed by atoms with Crippen LogP contribution in [0.25, 0.3) is 0 Å². The zero-order valence-electron chi connectivity index (χ0n) is 17.5. The van der Waals surface area contributed by atoms with Crippen LogP contribution in [0.5, 0.6) is 0 Å². The highest BCUT2D eigenvalue weighted by Gasteiger charge is 2.25. The Labute approximate surface area is 173 Å². The number of carbonyl (C=O) groups is 2. The molecule has 1 aliphatic rings. The van der Waals surface area contributed by atoms with Crippen molar-refractivity contribution in [3.05, 3.63) is 59.4 Å². The Hall–Kier alpha value is -2.60. The molecule has 0 bridgehead atoms. The van der Waals surface area contributed by atoms with Crippen LogP contribution in [0.2, 0.25) is 0 Å². The molecular weight excluding hydrogens is 364 g/mol. The molecule has 1 aromatic heterocycles. The summed E-state index contributed by atoms with van der Waals surface area (Å²) in [6.07, 6.45) is 6.88. The topological polar surface area (TPSA) is 66.4 Å². The average Bonchev–Trinajstić information content (AvgIpc) is 2.97. The monoisotopic (exact) mass is 396 g/mol. The molecule has 0 aliphatic carbocycles. The Kier molecular flexibility index (Phi) is 7.47. The first-order chi connectivity index (χ1) is 14.0. The van der Waals surface area contributed by atoms with E-state index in [1.165, 1.54) is 25.7 Å². The molecule has 1 atom stereocenters. The normalized spacial score (nSPS) is 16.1. The number of aryl methyl sites for hydroxylation is 2. The summed E-state index contributed by atoms with van der Waals surface area (Å²) in [4.78, 5) is 27.1. The second kappa shape index (κ2) is 10.3. The van der Waals surface area contributed by atoms with E-state index in [1.54, 1.807) is 0 Å². The van der Waals surface area contributed by atoms with Gasteiger partial charge in [-0.3, -0.25) is 14.5 Å². The Balaban J connectivity index is 1.57. The first-order valence-corrected chi connectivity index (χ1v) is 10.5. The van der Waals surface area contributed by atoms with E-state index < -0.39 is 11.8 Å². The number of carbonyl (C=O) groups excluding carboxylic acids is 2. The van der Waals surface area contributed by atoms with E-state index in [0.29, 0.717) is 13.1 Å². The number of nitrogens with zero attached hydrogens (tertiary/aromatic N) is 2. The van der Waals surface area contributed by atoms with Crippen LogP contribution < -0.4 is 10.6 Å². The van der Waals surface area contributed by atoms with E-state index in [4.69, 9.17) is 0 Å². The number of rotatable bonds is 6. The molecule has 1 fully saturated rings. The van der Waals surface area contributed by atoms with Crippen LogP contribution in [0, 0.1) is 6.92 Å². The summed E-state index contributed by atoms with van der Waals surface area (Å²) in [7, 11) is 2.02. The summed E-state index contributed by atoms with van der Waals surface area (Å²) >= 11 is 0. The zero-order valence-corrected chi connectivity index (χ0v) is 17.5. The second-order valence-corrected chi connectivity index (χ2v) is 7.89. The van der Waals surface area contributed by atoms with Gasteiger partial charge < -0.3 is 15.2 Å². The minimum Gasteiger partial charge on any atom is -0.353 e. The lowest BCUT2D eigenvalue weighted by Crippen LogP contribution is -2.44. The molecule has 2 heterocycles. The first kappa shape index (κ1) is 21.1. The summed E-state index contributed by atoms with van der Waals surface area (Å²) in [6.45, 7) is 4.83. The van der Waals surface area contributed by atoms with Crippen molar-refractivity contribution in [2.45, 2.75) is 45.2 Å². The number of aromatic nitrogens is 1. The number of hydrogen-bond donors (Lipinski definition) is 2. The van der Waals surface area contributed by atoms with E-state index >= 15 is 0 Å². The van der Waals surface area contributed by atoms with Crippen molar-refractivity contribution in [2.75, 3.05) is 19.6 Å². The van der Waals surface area contributed by atoms with Crippen molar-refractivity contribution in [3.8, 4) is 0 Å². The largest absolute Gasteiger partial charge is 0.353 e. The average molecular weight is 397 g/mol. The highest BCUT2D eigenvalue weighted by atomic mass is 16.2. The standard InChI is InChI=1S/C23H32N4O2/c1-18-9-11-19(12-10-18)16-24-22(28)23(29)25-17-21(20-8-7-13-26(20)2)27-14-5-3-4-6-15-27/h7-13,21H,3-6,14-17H2,1-2H3,(H,24,28)(H,25,29). The highest BCUT2D eigenvalue weighted by molar-refractivity contribution is 6.35.